The normalized spacial score (nSPS) is 10.8. The molecular formula is C11H13N3O3. The summed E-state index contributed by atoms with van der Waals surface area (Å²) in [5, 5.41) is 16.5. The predicted octanol–water partition coefficient (Wildman–Crippen LogP) is 1.55. The molecule has 2 heterocycles. The topological polar surface area (TPSA) is 81.2 Å². The molecule has 2 rings (SSSR count). The van der Waals surface area contributed by atoms with E-state index in [1.165, 1.54) is 0 Å². The quantitative estimate of drug-likeness (QED) is 0.872. The summed E-state index contributed by atoms with van der Waals surface area (Å²) in [6.07, 6.45) is 0. The molecule has 2 aromatic rings. The fraction of sp³-hybridized carbons (Fsp3) is 0.364. The highest BCUT2D eigenvalue weighted by atomic mass is 16.4. The van der Waals surface area contributed by atoms with Crippen molar-refractivity contribution in [2.75, 3.05) is 0 Å². The number of carboxylic acid groups (broad SMARTS) is 1. The van der Waals surface area contributed by atoms with Gasteiger partial charge in [-0.05, 0) is 19.9 Å². The van der Waals surface area contributed by atoms with Gasteiger partial charge in [-0.3, -0.25) is 4.79 Å². The van der Waals surface area contributed by atoms with Gasteiger partial charge >= 0.3 is 5.97 Å². The Hall–Kier alpha value is -2.11. The van der Waals surface area contributed by atoms with Gasteiger partial charge in [0.05, 0.1) is 5.56 Å². The van der Waals surface area contributed by atoms with Gasteiger partial charge in [0.2, 0.25) is 11.8 Å². The van der Waals surface area contributed by atoms with Crippen LogP contribution in [0.2, 0.25) is 0 Å². The minimum atomic E-state index is -0.875. The van der Waals surface area contributed by atoms with E-state index in [9.17, 15) is 4.79 Å². The van der Waals surface area contributed by atoms with Crippen LogP contribution in [0.3, 0.4) is 0 Å². The third kappa shape index (κ3) is 2.06. The summed E-state index contributed by atoms with van der Waals surface area (Å²) in [5.41, 5.74) is 2.45. The Morgan fingerprint density at radius 2 is 2.12 bits per heavy atom. The second-order valence-electron chi connectivity index (χ2n) is 3.89. The number of nitrogens with zero attached hydrogens (tertiary/aromatic N) is 3. The van der Waals surface area contributed by atoms with E-state index in [0.29, 0.717) is 11.8 Å². The Balaban J connectivity index is 2.47. The van der Waals surface area contributed by atoms with Gasteiger partial charge in [0.1, 0.15) is 6.54 Å². The van der Waals surface area contributed by atoms with Crippen LogP contribution in [-0.2, 0) is 11.3 Å². The minimum absolute atomic E-state index is 0.0647. The second-order valence-corrected chi connectivity index (χ2v) is 3.89. The van der Waals surface area contributed by atoms with Crippen molar-refractivity contribution in [3.8, 4) is 11.5 Å². The Bertz CT molecular complexity index is 569. The van der Waals surface area contributed by atoms with Crippen molar-refractivity contribution in [2.24, 2.45) is 0 Å². The summed E-state index contributed by atoms with van der Waals surface area (Å²) in [7, 11) is 0. The van der Waals surface area contributed by atoms with Gasteiger partial charge in [0, 0.05) is 18.3 Å². The average molecular weight is 235 g/mol. The molecule has 0 aliphatic heterocycles. The lowest BCUT2D eigenvalue weighted by molar-refractivity contribution is -0.137. The zero-order chi connectivity index (χ0) is 12.6. The maximum absolute atomic E-state index is 10.8. The highest BCUT2D eigenvalue weighted by Crippen LogP contribution is 2.25. The van der Waals surface area contributed by atoms with Gasteiger partial charge in [0.25, 0.3) is 0 Å². The molecule has 1 N–H and O–H groups in total. The van der Waals surface area contributed by atoms with Crippen LogP contribution in [0.15, 0.2) is 10.5 Å². The lowest BCUT2D eigenvalue weighted by Gasteiger charge is -2.05. The zero-order valence-electron chi connectivity index (χ0n) is 9.89. The molecule has 17 heavy (non-hydrogen) atoms. The molecule has 6 nitrogen and oxygen atoms in total. The Labute approximate surface area is 97.9 Å². The molecule has 0 aliphatic carbocycles. The molecule has 0 radical (unpaired) electrons. The zero-order valence-corrected chi connectivity index (χ0v) is 9.89. The van der Waals surface area contributed by atoms with Gasteiger partial charge < -0.3 is 14.1 Å². The lowest BCUT2D eigenvalue weighted by atomic mass is 10.2. The van der Waals surface area contributed by atoms with Crippen LogP contribution in [0.1, 0.15) is 17.3 Å². The van der Waals surface area contributed by atoms with Crippen molar-refractivity contribution >= 4 is 5.97 Å². The van der Waals surface area contributed by atoms with Gasteiger partial charge in [0.15, 0.2) is 0 Å². The van der Waals surface area contributed by atoms with Crippen LogP contribution < -0.4 is 0 Å². The third-order valence-electron chi connectivity index (χ3n) is 2.62. The summed E-state index contributed by atoms with van der Waals surface area (Å²) in [5.74, 6) is 0.0373. The SMILES string of the molecule is Cc1nnc(-c2cc(C)n(CC(=O)O)c2C)o1. The number of rotatable bonds is 3. The number of aliphatic carboxylic acids is 1. The van der Waals surface area contributed by atoms with Crippen LogP contribution in [0.4, 0.5) is 0 Å². The first-order valence-corrected chi connectivity index (χ1v) is 5.18. The van der Waals surface area contributed by atoms with E-state index >= 15 is 0 Å². The van der Waals surface area contributed by atoms with E-state index in [1.807, 2.05) is 19.9 Å². The number of carbonyl (C=O) groups is 1. The summed E-state index contributed by atoms with van der Waals surface area (Å²) >= 11 is 0. The van der Waals surface area contributed by atoms with Crippen LogP contribution in [0, 0.1) is 20.8 Å². The molecule has 0 amide bonds. The van der Waals surface area contributed by atoms with Crippen LogP contribution in [-0.4, -0.2) is 25.8 Å². The third-order valence-corrected chi connectivity index (χ3v) is 2.62. The highest BCUT2D eigenvalue weighted by Gasteiger charge is 2.16. The van der Waals surface area contributed by atoms with E-state index in [1.54, 1.807) is 11.5 Å². The molecule has 0 atom stereocenters. The molecule has 0 aromatic carbocycles. The van der Waals surface area contributed by atoms with Gasteiger partial charge in [-0.2, -0.15) is 0 Å². The number of aryl methyl sites for hydroxylation is 2. The first kappa shape index (κ1) is 11.4. The average Bonchev–Trinajstić information content (AvgIpc) is 2.76. The van der Waals surface area contributed by atoms with E-state index in [-0.39, 0.29) is 6.54 Å². The number of hydrogen-bond acceptors (Lipinski definition) is 4. The monoisotopic (exact) mass is 235 g/mol. The van der Waals surface area contributed by atoms with Crippen molar-refractivity contribution in [2.45, 2.75) is 27.3 Å². The van der Waals surface area contributed by atoms with Crippen molar-refractivity contribution in [1.82, 2.24) is 14.8 Å². The molecule has 0 aliphatic rings. The molecule has 6 heteroatoms. The van der Waals surface area contributed by atoms with Crippen LogP contribution >= 0.6 is 0 Å². The lowest BCUT2D eigenvalue weighted by Crippen LogP contribution is -2.11. The smallest absolute Gasteiger partial charge is 0.323 e. The number of carboxylic acids is 1. The second kappa shape index (κ2) is 4.04. The van der Waals surface area contributed by atoms with Crippen molar-refractivity contribution < 1.29 is 14.3 Å². The first-order chi connectivity index (χ1) is 7.99. The van der Waals surface area contributed by atoms with E-state index in [4.69, 9.17) is 9.52 Å². The van der Waals surface area contributed by atoms with Gasteiger partial charge in [-0.1, -0.05) is 0 Å². The van der Waals surface area contributed by atoms with Crippen molar-refractivity contribution in [1.29, 1.82) is 0 Å². The summed E-state index contributed by atoms with van der Waals surface area (Å²) in [6, 6.07) is 1.85. The number of hydrogen-bond donors (Lipinski definition) is 1. The molecule has 90 valence electrons. The summed E-state index contributed by atoms with van der Waals surface area (Å²) in [4.78, 5) is 10.8. The summed E-state index contributed by atoms with van der Waals surface area (Å²) in [6.45, 7) is 5.34. The highest BCUT2D eigenvalue weighted by molar-refractivity contribution is 5.68. The van der Waals surface area contributed by atoms with Gasteiger partial charge in [-0.25, -0.2) is 0 Å². The largest absolute Gasteiger partial charge is 0.480 e. The Kier molecular flexibility index (Phi) is 2.71. The fourth-order valence-electron chi connectivity index (χ4n) is 1.80. The molecule has 0 unspecified atom stereocenters. The Morgan fingerprint density at radius 1 is 1.41 bits per heavy atom. The van der Waals surface area contributed by atoms with Crippen molar-refractivity contribution in [3.05, 3.63) is 23.3 Å². The van der Waals surface area contributed by atoms with E-state index in [0.717, 1.165) is 17.0 Å². The minimum Gasteiger partial charge on any atom is -0.480 e. The molecule has 0 saturated heterocycles. The molecule has 0 bridgehead atoms. The van der Waals surface area contributed by atoms with E-state index in [2.05, 4.69) is 10.2 Å². The molecule has 0 spiro atoms. The summed E-state index contributed by atoms with van der Waals surface area (Å²) < 4.78 is 7.05. The number of aromatic nitrogens is 3. The molecular weight excluding hydrogens is 222 g/mol. The standard InChI is InChI=1S/C11H13N3O3/c1-6-4-9(11-13-12-8(3)17-11)7(2)14(6)5-10(15)16/h4H,5H2,1-3H3,(H,15,16). The predicted molar refractivity (Wildman–Crippen MR) is 59.6 cm³/mol. The Morgan fingerprint density at radius 3 is 2.65 bits per heavy atom. The van der Waals surface area contributed by atoms with E-state index < -0.39 is 5.97 Å². The molecule has 0 fully saturated rings. The van der Waals surface area contributed by atoms with Crippen molar-refractivity contribution in [3.63, 3.8) is 0 Å². The van der Waals surface area contributed by atoms with Crippen LogP contribution in [0.25, 0.3) is 11.5 Å². The maximum atomic E-state index is 10.8. The van der Waals surface area contributed by atoms with Gasteiger partial charge in [-0.15, -0.1) is 10.2 Å². The van der Waals surface area contributed by atoms with Crippen LogP contribution in [0.5, 0.6) is 0 Å². The molecule has 2 aromatic heterocycles. The first-order valence-electron chi connectivity index (χ1n) is 5.18. The fourth-order valence-corrected chi connectivity index (χ4v) is 1.80. The molecule has 0 saturated carbocycles. The maximum Gasteiger partial charge on any atom is 0.323 e.